The zero-order chi connectivity index (χ0) is 14.4. The van der Waals surface area contributed by atoms with Crippen molar-refractivity contribution in [2.24, 2.45) is 0 Å². The molecule has 106 valence electrons. The van der Waals surface area contributed by atoms with Crippen LogP contribution >= 0.6 is 0 Å². The third kappa shape index (κ3) is 3.61. The Morgan fingerprint density at radius 2 is 2.11 bits per heavy atom. The van der Waals surface area contributed by atoms with Gasteiger partial charge in [-0.25, -0.2) is 4.79 Å². The SMILES string of the molecule is CCN(c1cc(C(=O)OC)ccc1N)C(C)COC. The molecule has 1 atom stereocenters. The Hall–Kier alpha value is -1.75. The van der Waals surface area contributed by atoms with Crippen molar-refractivity contribution in [2.45, 2.75) is 19.9 Å². The number of carbonyl (C=O) groups is 1. The fourth-order valence-corrected chi connectivity index (χ4v) is 2.09. The number of hydrogen-bond acceptors (Lipinski definition) is 5. The molecule has 19 heavy (non-hydrogen) atoms. The molecule has 0 fully saturated rings. The van der Waals surface area contributed by atoms with E-state index in [1.54, 1.807) is 25.3 Å². The van der Waals surface area contributed by atoms with Gasteiger partial charge in [-0.1, -0.05) is 0 Å². The average molecular weight is 266 g/mol. The van der Waals surface area contributed by atoms with Gasteiger partial charge >= 0.3 is 5.97 Å². The summed E-state index contributed by atoms with van der Waals surface area (Å²) < 4.78 is 9.90. The van der Waals surface area contributed by atoms with Crippen LogP contribution in [0.1, 0.15) is 24.2 Å². The largest absolute Gasteiger partial charge is 0.465 e. The van der Waals surface area contributed by atoms with E-state index < -0.39 is 0 Å². The van der Waals surface area contributed by atoms with Gasteiger partial charge in [0.25, 0.3) is 0 Å². The van der Waals surface area contributed by atoms with Gasteiger partial charge in [0.1, 0.15) is 0 Å². The number of anilines is 2. The van der Waals surface area contributed by atoms with E-state index in [0.717, 1.165) is 12.2 Å². The molecule has 0 bridgehead atoms. The van der Waals surface area contributed by atoms with Crippen LogP contribution in [0.25, 0.3) is 0 Å². The number of nitrogen functional groups attached to an aromatic ring is 1. The number of ether oxygens (including phenoxy) is 2. The Bertz CT molecular complexity index is 435. The number of nitrogens with two attached hydrogens (primary N) is 1. The molecule has 1 aromatic rings. The molecule has 1 aromatic carbocycles. The Labute approximate surface area is 114 Å². The van der Waals surface area contributed by atoms with Crippen LogP contribution in [0.3, 0.4) is 0 Å². The predicted molar refractivity (Wildman–Crippen MR) is 76.6 cm³/mol. The van der Waals surface area contributed by atoms with Crippen LogP contribution in [0.4, 0.5) is 11.4 Å². The third-order valence-corrected chi connectivity index (χ3v) is 3.04. The minimum Gasteiger partial charge on any atom is -0.465 e. The highest BCUT2D eigenvalue weighted by atomic mass is 16.5. The maximum atomic E-state index is 11.6. The van der Waals surface area contributed by atoms with E-state index in [0.29, 0.717) is 17.9 Å². The number of nitrogens with zero attached hydrogens (tertiary/aromatic N) is 1. The highest BCUT2D eigenvalue weighted by Crippen LogP contribution is 2.26. The lowest BCUT2D eigenvalue weighted by atomic mass is 10.1. The molecule has 0 heterocycles. The van der Waals surface area contributed by atoms with Gasteiger partial charge in [-0.05, 0) is 32.0 Å². The Balaban J connectivity index is 3.11. The summed E-state index contributed by atoms with van der Waals surface area (Å²) in [6, 6.07) is 5.32. The normalized spacial score (nSPS) is 12.0. The van der Waals surface area contributed by atoms with Crippen LogP contribution in [0, 0.1) is 0 Å². The molecule has 1 unspecified atom stereocenters. The molecule has 0 aliphatic rings. The van der Waals surface area contributed by atoms with Crippen molar-refractivity contribution in [2.75, 3.05) is 38.0 Å². The van der Waals surface area contributed by atoms with Crippen molar-refractivity contribution in [1.82, 2.24) is 0 Å². The Kier molecular flexibility index (Phi) is 5.63. The highest BCUT2D eigenvalue weighted by molar-refractivity contribution is 5.92. The first-order valence-corrected chi connectivity index (χ1v) is 6.28. The summed E-state index contributed by atoms with van der Waals surface area (Å²) in [5.41, 5.74) is 7.97. The van der Waals surface area contributed by atoms with E-state index in [9.17, 15) is 4.79 Å². The molecule has 0 aliphatic carbocycles. The molecule has 0 saturated carbocycles. The summed E-state index contributed by atoms with van der Waals surface area (Å²) >= 11 is 0. The van der Waals surface area contributed by atoms with Crippen LogP contribution in [-0.2, 0) is 9.47 Å². The average Bonchev–Trinajstić information content (AvgIpc) is 2.41. The minimum atomic E-state index is -0.364. The van der Waals surface area contributed by atoms with Gasteiger partial charge in [-0.3, -0.25) is 0 Å². The van der Waals surface area contributed by atoms with Crippen LogP contribution in [0.2, 0.25) is 0 Å². The van der Waals surface area contributed by atoms with Gasteiger partial charge < -0.3 is 20.1 Å². The smallest absolute Gasteiger partial charge is 0.337 e. The first-order chi connectivity index (χ1) is 9.04. The number of esters is 1. The fourth-order valence-electron chi connectivity index (χ4n) is 2.09. The summed E-state index contributed by atoms with van der Waals surface area (Å²) in [5.74, 6) is -0.364. The van der Waals surface area contributed by atoms with E-state index >= 15 is 0 Å². The molecular weight excluding hydrogens is 244 g/mol. The molecule has 0 aromatic heterocycles. The number of benzene rings is 1. The number of hydrogen-bond donors (Lipinski definition) is 1. The van der Waals surface area contributed by atoms with Gasteiger partial charge in [0.05, 0.1) is 30.7 Å². The fraction of sp³-hybridized carbons (Fsp3) is 0.500. The molecule has 0 saturated heterocycles. The molecule has 1 rings (SSSR count). The molecule has 0 aliphatic heterocycles. The van der Waals surface area contributed by atoms with Gasteiger partial charge in [0.2, 0.25) is 0 Å². The summed E-state index contributed by atoms with van der Waals surface area (Å²) in [5, 5.41) is 0. The first-order valence-electron chi connectivity index (χ1n) is 6.28. The number of carbonyl (C=O) groups excluding carboxylic acids is 1. The monoisotopic (exact) mass is 266 g/mol. The van der Waals surface area contributed by atoms with E-state index in [1.165, 1.54) is 7.11 Å². The van der Waals surface area contributed by atoms with E-state index in [1.807, 2.05) is 6.92 Å². The minimum absolute atomic E-state index is 0.171. The molecular formula is C14H22N2O3. The zero-order valence-electron chi connectivity index (χ0n) is 12.0. The lowest BCUT2D eigenvalue weighted by molar-refractivity contribution is 0.0601. The van der Waals surface area contributed by atoms with Crippen LogP contribution in [0.15, 0.2) is 18.2 Å². The summed E-state index contributed by atoms with van der Waals surface area (Å²) in [7, 11) is 3.03. The first kappa shape index (κ1) is 15.3. The molecule has 2 N–H and O–H groups in total. The third-order valence-electron chi connectivity index (χ3n) is 3.04. The standard InChI is InChI=1S/C14H22N2O3/c1-5-16(10(2)9-18-3)13-8-11(14(17)19-4)6-7-12(13)15/h6-8,10H,5,9,15H2,1-4H3. The molecule has 0 spiro atoms. The summed E-state index contributed by atoms with van der Waals surface area (Å²) in [4.78, 5) is 13.7. The summed E-state index contributed by atoms with van der Waals surface area (Å²) in [6.45, 7) is 5.46. The van der Waals surface area contributed by atoms with E-state index in [-0.39, 0.29) is 12.0 Å². The van der Waals surface area contributed by atoms with Crippen molar-refractivity contribution < 1.29 is 14.3 Å². The maximum absolute atomic E-state index is 11.6. The van der Waals surface area contributed by atoms with Gasteiger partial charge in [-0.2, -0.15) is 0 Å². The maximum Gasteiger partial charge on any atom is 0.337 e. The molecule has 5 heteroatoms. The second kappa shape index (κ2) is 6.99. The number of methoxy groups -OCH3 is 2. The lowest BCUT2D eigenvalue weighted by Gasteiger charge is -2.31. The van der Waals surface area contributed by atoms with Crippen molar-refractivity contribution in [3.8, 4) is 0 Å². The second-order valence-corrected chi connectivity index (χ2v) is 4.36. The van der Waals surface area contributed by atoms with Crippen LogP contribution in [-0.4, -0.2) is 39.4 Å². The van der Waals surface area contributed by atoms with E-state index in [2.05, 4.69) is 11.8 Å². The van der Waals surface area contributed by atoms with Crippen molar-refractivity contribution in [3.05, 3.63) is 23.8 Å². The van der Waals surface area contributed by atoms with Crippen molar-refractivity contribution in [3.63, 3.8) is 0 Å². The number of rotatable bonds is 6. The molecule has 0 radical (unpaired) electrons. The van der Waals surface area contributed by atoms with Crippen molar-refractivity contribution in [1.29, 1.82) is 0 Å². The topological polar surface area (TPSA) is 64.8 Å². The quantitative estimate of drug-likeness (QED) is 0.629. The lowest BCUT2D eigenvalue weighted by Crippen LogP contribution is -2.36. The van der Waals surface area contributed by atoms with E-state index in [4.69, 9.17) is 15.2 Å². The van der Waals surface area contributed by atoms with Gasteiger partial charge in [0, 0.05) is 19.7 Å². The van der Waals surface area contributed by atoms with Crippen LogP contribution in [0.5, 0.6) is 0 Å². The number of likely N-dealkylation sites (N-methyl/N-ethyl adjacent to an activating group) is 1. The predicted octanol–water partition coefficient (Wildman–Crippen LogP) is 1.92. The second-order valence-electron chi connectivity index (χ2n) is 4.36. The van der Waals surface area contributed by atoms with Crippen molar-refractivity contribution >= 4 is 17.3 Å². The summed E-state index contributed by atoms with van der Waals surface area (Å²) in [6.07, 6.45) is 0. The zero-order valence-corrected chi connectivity index (χ0v) is 12.0. The Morgan fingerprint density at radius 1 is 1.42 bits per heavy atom. The Morgan fingerprint density at radius 3 is 2.63 bits per heavy atom. The van der Waals surface area contributed by atoms with Gasteiger partial charge in [-0.15, -0.1) is 0 Å². The highest BCUT2D eigenvalue weighted by Gasteiger charge is 2.17. The van der Waals surface area contributed by atoms with Crippen LogP contribution < -0.4 is 10.6 Å². The van der Waals surface area contributed by atoms with Gasteiger partial charge in [0.15, 0.2) is 0 Å². The molecule has 5 nitrogen and oxygen atoms in total. The molecule has 0 amide bonds.